The lowest BCUT2D eigenvalue weighted by Crippen LogP contribution is -1.90. The minimum atomic E-state index is 0.982. The normalized spacial score (nSPS) is 13.7. The van der Waals surface area contributed by atoms with E-state index >= 15 is 0 Å². The van der Waals surface area contributed by atoms with Gasteiger partial charge in [-0.15, -0.1) is 0 Å². The largest absolute Gasteiger partial charge is 0.463 e. The maximum Gasteiger partial charge on any atom is 0.148 e. The van der Waals surface area contributed by atoms with Gasteiger partial charge in [0.1, 0.15) is 5.75 Å². The van der Waals surface area contributed by atoms with Crippen LogP contribution < -0.4 is 4.74 Å². The molecule has 1 aliphatic heterocycles. The van der Waals surface area contributed by atoms with Crippen molar-refractivity contribution in [2.24, 2.45) is 0 Å². The molecule has 3 rings (SSSR count). The van der Waals surface area contributed by atoms with Crippen molar-refractivity contribution < 1.29 is 4.74 Å². The van der Waals surface area contributed by atoms with Crippen molar-refractivity contribution in [3.63, 3.8) is 0 Å². The van der Waals surface area contributed by atoms with Gasteiger partial charge in [-0.1, -0.05) is 42.1 Å². The molecule has 0 saturated heterocycles. The molecule has 0 aromatic heterocycles. The quantitative estimate of drug-likeness (QED) is 0.639. The summed E-state index contributed by atoms with van der Waals surface area (Å²) in [5.74, 6) is 0.982. The van der Waals surface area contributed by atoms with Gasteiger partial charge < -0.3 is 4.74 Å². The molecule has 1 nitrogen and oxygen atoms in total. The maximum absolute atomic E-state index is 5.54. The molecule has 0 amide bonds. The molecule has 0 bridgehead atoms. The molecule has 1 aliphatic rings. The van der Waals surface area contributed by atoms with Crippen molar-refractivity contribution in [3.8, 4) is 5.75 Å². The van der Waals surface area contributed by atoms with Gasteiger partial charge in [0.25, 0.3) is 0 Å². The molecule has 0 N–H and O–H groups in total. The average Bonchev–Trinajstić information content (AvgIpc) is 2.29. The number of benzene rings is 2. The van der Waals surface area contributed by atoms with E-state index in [1.54, 1.807) is 18.0 Å². The highest BCUT2D eigenvalue weighted by atomic mass is 32.2. The molecular weight excluding hydrogens is 192 g/mol. The minimum absolute atomic E-state index is 0.982. The smallest absolute Gasteiger partial charge is 0.148 e. The third kappa shape index (κ3) is 1.11. The van der Waals surface area contributed by atoms with Crippen LogP contribution in [0.4, 0.5) is 0 Å². The van der Waals surface area contributed by atoms with Gasteiger partial charge in [0.05, 0.1) is 11.2 Å². The Balaban J connectivity index is 2.37. The Morgan fingerprint density at radius 2 is 1.93 bits per heavy atom. The van der Waals surface area contributed by atoms with Crippen molar-refractivity contribution in [2.45, 2.75) is 4.90 Å². The Labute approximate surface area is 86.4 Å². The summed E-state index contributed by atoms with van der Waals surface area (Å²) < 4.78 is 5.54. The molecule has 0 unspecified atom stereocenters. The average molecular weight is 200 g/mol. The molecule has 0 radical (unpaired) electrons. The van der Waals surface area contributed by atoms with Gasteiger partial charge in [-0.05, 0) is 11.5 Å². The van der Waals surface area contributed by atoms with Gasteiger partial charge in [-0.3, -0.25) is 0 Å². The van der Waals surface area contributed by atoms with Crippen molar-refractivity contribution in [1.29, 1.82) is 0 Å². The number of fused-ring (bicyclic) bond motifs is 3. The van der Waals surface area contributed by atoms with Crippen LogP contribution in [-0.2, 0) is 0 Å². The molecule has 0 fully saturated rings. The van der Waals surface area contributed by atoms with Crippen LogP contribution in [0.25, 0.3) is 10.8 Å². The first kappa shape index (κ1) is 7.94. The Hall–Kier alpha value is -1.41. The standard InChI is InChI=1S/C12H8OS/c1-2-4-10-9(3-1)5-6-11-12(10)13-7-8-14-11/h1-8H. The van der Waals surface area contributed by atoms with E-state index in [9.17, 15) is 0 Å². The summed E-state index contributed by atoms with van der Waals surface area (Å²) in [4.78, 5) is 1.19. The van der Waals surface area contributed by atoms with Gasteiger partial charge in [-0.25, -0.2) is 0 Å². The number of thioether (sulfide) groups is 1. The summed E-state index contributed by atoms with van der Waals surface area (Å²) in [7, 11) is 0. The van der Waals surface area contributed by atoms with E-state index in [4.69, 9.17) is 4.74 Å². The molecule has 0 aliphatic carbocycles. The molecule has 68 valence electrons. The van der Waals surface area contributed by atoms with Gasteiger partial charge in [0.2, 0.25) is 0 Å². The lowest BCUT2D eigenvalue weighted by Gasteiger charge is -2.13. The van der Waals surface area contributed by atoms with Crippen molar-refractivity contribution in [1.82, 2.24) is 0 Å². The number of hydrogen-bond donors (Lipinski definition) is 0. The maximum atomic E-state index is 5.54. The fraction of sp³-hybridized carbons (Fsp3) is 0. The second-order valence-electron chi connectivity index (χ2n) is 3.12. The van der Waals surface area contributed by atoms with E-state index in [1.165, 1.54) is 15.7 Å². The zero-order valence-electron chi connectivity index (χ0n) is 7.44. The van der Waals surface area contributed by atoms with E-state index in [0.29, 0.717) is 0 Å². The van der Waals surface area contributed by atoms with Crippen LogP contribution in [-0.4, -0.2) is 0 Å². The van der Waals surface area contributed by atoms with Crippen molar-refractivity contribution in [3.05, 3.63) is 48.1 Å². The van der Waals surface area contributed by atoms with E-state index in [0.717, 1.165) is 5.75 Å². The molecule has 0 saturated carbocycles. The monoisotopic (exact) mass is 200 g/mol. The highest BCUT2D eigenvalue weighted by molar-refractivity contribution is 8.02. The van der Waals surface area contributed by atoms with Gasteiger partial charge >= 0.3 is 0 Å². The SMILES string of the molecule is C1=CSc2ccc3ccccc3c2O1. The number of ether oxygens (including phenoxy) is 1. The third-order valence-electron chi connectivity index (χ3n) is 2.28. The number of hydrogen-bond acceptors (Lipinski definition) is 2. The molecule has 2 aromatic carbocycles. The fourth-order valence-corrected chi connectivity index (χ4v) is 2.30. The van der Waals surface area contributed by atoms with Gasteiger partial charge in [-0.2, -0.15) is 0 Å². The predicted molar refractivity (Wildman–Crippen MR) is 59.6 cm³/mol. The molecule has 2 aromatic rings. The number of rotatable bonds is 0. The van der Waals surface area contributed by atoms with E-state index < -0.39 is 0 Å². The second-order valence-corrected chi connectivity index (χ2v) is 4.07. The molecule has 0 spiro atoms. The Morgan fingerprint density at radius 3 is 2.93 bits per heavy atom. The zero-order chi connectivity index (χ0) is 9.38. The highest BCUT2D eigenvalue weighted by Crippen LogP contribution is 2.39. The van der Waals surface area contributed by atoms with Crippen LogP contribution in [0.2, 0.25) is 0 Å². The van der Waals surface area contributed by atoms with Gasteiger partial charge in [0, 0.05) is 10.8 Å². The first-order valence-electron chi connectivity index (χ1n) is 4.45. The molecule has 2 heteroatoms. The van der Waals surface area contributed by atoms with Crippen LogP contribution in [0.3, 0.4) is 0 Å². The third-order valence-corrected chi connectivity index (χ3v) is 3.10. The first-order valence-corrected chi connectivity index (χ1v) is 5.33. The van der Waals surface area contributed by atoms with Crippen LogP contribution in [0, 0.1) is 0 Å². The van der Waals surface area contributed by atoms with Crippen molar-refractivity contribution in [2.75, 3.05) is 0 Å². The van der Waals surface area contributed by atoms with Crippen LogP contribution >= 0.6 is 11.8 Å². The summed E-state index contributed by atoms with van der Waals surface area (Å²) in [5, 5.41) is 4.36. The minimum Gasteiger partial charge on any atom is -0.463 e. The van der Waals surface area contributed by atoms with Crippen LogP contribution in [0.1, 0.15) is 0 Å². The van der Waals surface area contributed by atoms with E-state index in [-0.39, 0.29) is 0 Å². The van der Waals surface area contributed by atoms with Crippen molar-refractivity contribution >= 4 is 22.5 Å². The Kier molecular flexibility index (Phi) is 1.74. The zero-order valence-corrected chi connectivity index (χ0v) is 8.25. The first-order chi connectivity index (χ1) is 6.95. The summed E-state index contributed by atoms with van der Waals surface area (Å²) >= 11 is 1.70. The summed E-state index contributed by atoms with van der Waals surface area (Å²) in [5.41, 5.74) is 0. The Morgan fingerprint density at radius 1 is 1.00 bits per heavy atom. The summed E-state index contributed by atoms with van der Waals surface area (Å²) in [6, 6.07) is 12.5. The van der Waals surface area contributed by atoms with Gasteiger partial charge in [0.15, 0.2) is 0 Å². The molecule has 0 atom stereocenters. The molecular formula is C12H8OS. The lowest BCUT2D eigenvalue weighted by atomic mass is 10.1. The summed E-state index contributed by atoms with van der Waals surface area (Å²) in [6.07, 6.45) is 1.74. The van der Waals surface area contributed by atoms with E-state index in [2.05, 4.69) is 24.3 Å². The fourth-order valence-electron chi connectivity index (χ4n) is 1.63. The van der Waals surface area contributed by atoms with Crippen LogP contribution in [0.5, 0.6) is 5.75 Å². The Bertz CT molecular complexity index is 517. The van der Waals surface area contributed by atoms with E-state index in [1.807, 2.05) is 17.5 Å². The lowest BCUT2D eigenvalue weighted by molar-refractivity contribution is 0.474. The second kappa shape index (κ2) is 3.07. The topological polar surface area (TPSA) is 9.23 Å². The van der Waals surface area contributed by atoms with Crippen LogP contribution in [0.15, 0.2) is 53.0 Å². The predicted octanol–water partition coefficient (Wildman–Crippen LogP) is 3.80. The molecule has 1 heterocycles. The highest BCUT2D eigenvalue weighted by Gasteiger charge is 2.10. The molecule has 14 heavy (non-hydrogen) atoms. The summed E-state index contributed by atoms with van der Waals surface area (Å²) in [6.45, 7) is 0.